The number of fused-ring (bicyclic) bond motifs is 3. The second-order valence-corrected chi connectivity index (χ2v) is 8.06. The van der Waals surface area contributed by atoms with Crippen molar-refractivity contribution in [2.24, 2.45) is 5.73 Å². The summed E-state index contributed by atoms with van der Waals surface area (Å²) >= 11 is 0. The number of primary amides is 1. The number of amides is 1. The van der Waals surface area contributed by atoms with Gasteiger partial charge < -0.3 is 10.6 Å². The molecule has 0 radical (unpaired) electrons. The lowest BCUT2D eigenvalue weighted by molar-refractivity contribution is -0.122. The molecule has 0 unspecified atom stereocenters. The first-order chi connectivity index (χ1) is 11.8. The number of benzene rings is 2. The molecule has 0 aliphatic heterocycles. The maximum Gasteiger partial charge on any atom is 0.232 e. The van der Waals surface area contributed by atoms with Gasteiger partial charge in [0.2, 0.25) is 5.91 Å². The highest BCUT2D eigenvalue weighted by Gasteiger charge is 2.47. The van der Waals surface area contributed by atoms with Gasteiger partial charge in [-0.25, -0.2) is 0 Å². The highest BCUT2D eigenvalue weighted by atomic mass is 16.1. The van der Waals surface area contributed by atoms with Crippen molar-refractivity contribution in [3.63, 3.8) is 0 Å². The van der Waals surface area contributed by atoms with Crippen LogP contribution in [-0.4, -0.2) is 29.9 Å². The number of carbonyl (C=O) groups excluding carboxylic acids is 1. The second kappa shape index (κ2) is 6.30. The van der Waals surface area contributed by atoms with Gasteiger partial charge in [-0.3, -0.25) is 4.79 Å². The SMILES string of the molecule is CN(CCCC1(C(N)=O)c2ccccc2-c2ccccc21)C(C)(C)C. The van der Waals surface area contributed by atoms with E-state index in [0.717, 1.165) is 41.6 Å². The van der Waals surface area contributed by atoms with Crippen LogP contribution in [0.4, 0.5) is 0 Å². The monoisotopic (exact) mass is 336 g/mol. The average molecular weight is 336 g/mol. The molecule has 0 aromatic heterocycles. The standard InChI is InChI=1S/C22H28N2O/c1-21(2,3)24(4)15-9-14-22(20(23)25)18-12-7-5-10-16(18)17-11-6-8-13-19(17)22/h5-8,10-13H,9,14-15H2,1-4H3,(H2,23,25). The molecule has 0 saturated carbocycles. The third-order valence-electron chi connectivity index (χ3n) is 5.67. The van der Waals surface area contributed by atoms with Crippen molar-refractivity contribution in [1.82, 2.24) is 4.90 Å². The third-order valence-corrected chi connectivity index (χ3v) is 5.67. The quantitative estimate of drug-likeness (QED) is 0.898. The Morgan fingerprint density at radius 2 is 1.48 bits per heavy atom. The molecule has 3 heteroatoms. The van der Waals surface area contributed by atoms with E-state index in [1.165, 1.54) is 0 Å². The van der Waals surface area contributed by atoms with Crippen LogP contribution in [0.25, 0.3) is 11.1 Å². The third kappa shape index (κ3) is 2.87. The summed E-state index contributed by atoms with van der Waals surface area (Å²) in [5, 5.41) is 0. The molecule has 3 rings (SSSR count). The number of hydrogen-bond acceptors (Lipinski definition) is 2. The number of nitrogens with two attached hydrogens (primary N) is 1. The van der Waals surface area contributed by atoms with E-state index < -0.39 is 5.41 Å². The van der Waals surface area contributed by atoms with Crippen molar-refractivity contribution in [3.8, 4) is 11.1 Å². The number of carbonyl (C=O) groups is 1. The van der Waals surface area contributed by atoms with E-state index in [1.54, 1.807) is 0 Å². The van der Waals surface area contributed by atoms with Crippen molar-refractivity contribution in [1.29, 1.82) is 0 Å². The Balaban J connectivity index is 1.99. The highest BCUT2D eigenvalue weighted by Crippen LogP contribution is 2.51. The number of rotatable bonds is 5. The van der Waals surface area contributed by atoms with E-state index in [-0.39, 0.29) is 11.4 Å². The molecule has 1 aliphatic carbocycles. The van der Waals surface area contributed by atoms with Gasteiger partial charge in [0.1, 0.15) is 0 Å². The van der Waals surface area contributed by atoms with E-state index >= 15 is 0 Å². The lowest BCUT2D eigenvalue weighted by Gasteiger charge is -2.34. The van der Waals surface area contributed by atoms with Crippen LogP contribution in [-0.2, 0) is 10.2 Å². The molecule has 2 N–H and O–H groups in total. The first-order valence-corrected chi connectivity index (χ1v) is 8.99. The van der Waals surface area contributed by atoms with Crippen LogP contribution in [0.15, 0.2) is 48.5 Å². The van der Waals surface area contributed by atoms with Gasteiger partial charge in [-0.05, 0) is 69.5 Å². The van der Waals surface area contributed by atoms with Crippen LogP contribution >= 0.6 is 0 Å². The Bertz CT molecular complexity index is 743. The average Bonchev–Trinajstić information content (AvgIpc) is 2.86. The molecule has 0 saturated heterocycles. The summed E-state index contributed by atoms with van der Waals surface area (Å²) in [5.41, 5.74) is 9.81. The van der Waals surface area contributed by atoms with Crippen molar-refractivity contribution >= 4 is 5.91 Å². The molecule has 1 aliphatic rings. The van der Waals surface area contributed by atoms with Crippen molar-refractivity contribution in [2.75, 3.05) is 13.6 Å². The molecule has 0 heterocycles. The van der Waals surface area contributed by atoms with E-state index in [9.17, 15) is 4.79 Å². The Labute approximate surface area is 150 Å². The topological polar surface area (TPSA) is 46.3 Å². The van der Waals surface area contributed by atoms with Gasteiger partial charge >= 0.3 is 0 Å². The Kier molecular flexibility index (Phi) is 4.46. The predicted molar refractivity (Wildman–Crippen MR) is 103 cm³/mol. The van der Waals surface area contributed by atoms with Gasteiger partial charge in [0, 0.05) is 5.54 Å². The molecule has 3 nitrogen and oxygen atoms in total. The molecule has 0 spiro atoms. The minimum atomic E-state index is -0.716. The van der Waals surface area contributed by atoms with Gasteiger partial charge in [0.15, 0.2) is 0 Å². The summed E-state index contributed by atoms with van der Waals surface area (Å²) in [4.78, 5) is 15.1. The van der Waals surface area contributed by atoms with Crippen LogP contribution in [0, 0.1) is 0 Å². The van der Waals surface area contributed by atoms with Crippen LogP contribution in [0.3, 0.4) is 0 Å². The maximum atomic E-state index is 12.7. The number of hydrogen-bond donors (Lipinski definition) is 1. The molecule has 132 valence electrons. The molecule has 0 bridgehead atoms. The van der Waals surface area contributed by atoms with E-state index in [4.69, 9.17) is 5.73 Å². The van der Waals surface area contributed by atoms with Crippen LogP contribution < -0.4 is 5.73 Å². The first kappa shape index (κ1) is 17.7. The molecule has 0 atom stereocenters. The molecule has 2 aromatic rings. The Morgan fingerprint density at radius 1 is 1.00 bits per heavy atom. The molecule has 0 fully saturated rings. The fourth-order valence-corrected chi connectivity index (χ4v) is 3.90. The van der Waals surface area contributed by atoms with Crippen molar-refractivity contribution in [3.05, 3.63) is 59.7 Å². The summed E-state index contributed by atoms with van der Waals surface area (Å²) in [6, 6.07) is 16.4. The summed E-state index contributed by atoms with van der Waals surface area (Å²) in [5.74, 6) is -0.247. The van der Waals surface area contributed by atoms with Crippen LogP contribution in [0.5, 0.6) is 0 Å². The predicted octanol–water partition coefficient (Wildman–Crippen LogP) is 3.95. The fraction of sp³-hybridized carbons (Fsp3) is 0.409. The second-order valence-electron chi connectivity index (χ2n) is 8.06. The molecule has 25 heavy (non-hydrogen) atoms. The Morgan fingerprint density at radius 3 is 1.92 bits per heavy atom. The van der Waals surface area contributed by atoms with Gasteiger partial charge in [-0.2, -0.15) is 0 Å². The Hall–Kier alpha value is -2.13. The molecular formula is C22H28N2O. The lowest BCUT2D eigenvalue weighted by Crippen LogP contribution is -2.43. The van der Waals surface area contributed by atoms with Gasteiger partial charge in [0.05, 0.1) is 5.41 Å². The maximum absolute atomic E-state index is 12.7. The zero-order valence-electron chi connectivity index (χ0n) is 15.7. The summed E-state index contributed by atoms with van der Waals surface area (Å²) in [6.45, 7) is 7.55. The minimum Gasteiger partial charge on any atom is -0.369 e. The zero-order valence-corrected chi connectivity index (χ0v) is 15.7. The fourth-order valence-electron chi connectivity index (χ4n) is 3.90. The van der Waals surface area contributed by atoms with Gasteiger partial charge in [-0.1, -0.05) is 48.5 Å². The summed E-state index contributed by atoms with van der Waals surface area (Å²) in [6.07, 6.45) is 1.65. The minimum absolute atomic E-state index is 0.116. The van der Waals surface area contributed by atoms with Crippen molar-refractivity contribution < 1.29 is 4.79 Å². The summed E-state index contributed by atoms with van der Waals surface area (Å²) in [7, 11) is 2.13. The summed E-state index contributed by atoms with van der Waals surface area (Å²) < 4.78 is 0. The first-order valence-electron chi connectivity index (χ1n) is 8.99. The highest BCUT2D eigenvalue weighted by molar-refractivity contribution is 5.99. The van der Waals surface area contributed by atoms with Gasteiger partial charge in [-0.15, -0.1) is 0 Å². The molecular weight excluding hydrogens is 308 g/mol. The molecule has 2 aromatic carbocycles. The molecule has 1 amide bonds. The van der Waals surface area contributed by atoms with Crippen LogP contribution in [0.1, 0.15) is 44.7 Å². The number of nitrogens with zero attached hydrogens (tertiary/aromatic N) is 1. The van der Waals surface area contributed by atoms with E-state index in [0.29, 0.717) is 0 Å². The lowest BCUT2D eigenvalue weighted by atomic mass is 9.74. The van der Waals surface area contributed by atoms with E-state index in [2.05, 4.69) is 57.0 Å². The van der Waals surface area contributed by atoms with Crippen molar-refractivity contribution in [2.45, 2.75) is 44.6 Å². The van der Waals surface area contributed by atoms with E-state index in [1.807, 2.05) is 24.3 Å². The van der Waals surface area contributed by atoms with Crippen LogP contribution in [0.2, 0.25) is 0 Å². The largest absolute Gasteiger partial charge is 0.369 e. The normalized spacial score (nSPS) is 15.1. The zero-order chi connectivity index (χ0) is 18.2. The smallest absolute Gasteiger partial charge is 0.232 e. The van der Waals surface area contributed by atoms with Gasteiger partial charge in [0.25, 0.3) is 0 Å².